The van der Waals surface area contributed by atoms with Crippen molar-refractivity contribution in [2.75, 3.05) is 13.1 Å². The average molecular weight is 217 g/mol. The molecule has 0 amide bonds. The first-order valence-electron chi connectivity index (χ1n) is 6.55. The Morgan fingerprint density at radius 1 is 1.07 bits per heavy atom. The first kappa shape index (κ1) is 17.3. The van der Waals surface area contributed by atoms with E-state index in [-0.39, 0.29) is 0 Å². The standard InChI is InChI=1S/C11H25NO.C2H6/c1-4-6-8-11(3,13)9-7-10-12-5-2;1-2/h12-13H,4-10H2,1-3H3;1-2H3. The highest BCUT2D eigenvalue weighted by molar-refractivity contribution is 4.72. The van der Waals surface area contributed by atoms with Crippen LogP contribution >= 0.6 is 0 Å². The van der Waals surface area contributed by atoms with E-state index < -0.39 is 5.60 Å². The molecule has 0 aromatic carbocycles. The van der Waals surface area contributed by atoms with Gasteiger partial charge in [-0.25, -0.2) is 0 Å². The fourth-order valence-corrected chi connectivity index (χ4v) is 1.45. The summed E-state index contributed by atoms with van der Waals surface area (Å²) in [7, 11) is 0. The third-order valence-electron chi connectivity index (χ3n) is 2.39. The van der Waals surface area contributed by atoms with Gasteiger partial charge in [0.05, 0.1) is 5.60 Å². The molecule has 0 aliphatic rings. The minimum absolute atomic E-state index is 0.439. The van der Waals surface area contributed by atoms with Gasteiger partial charge in [-0.15, -0.1) is 0 Å². The first-order valence-corrected chi connectivity index (χ1v) is 6.55. The van der Waals surface area contributed by atoms with Gasteiger partial charge in [0.1, 0.15) is 0 Å². The lowest BCUT2D eigenvalue weighted by molar-refractivity contribution is 0.0379. The highest BCUT2D eigenvalue weighted by Gasteiger charge is 2.18. The monoisotopic (exact) mass is 217 g/mol. The second-order valence-corrected chi connectivity index (χ2v) is 4.06. The molecule has 1 unspecified atom stereocenters. The molecule has 0 saturated heterocycles. The summed E-state index contributed by atoms with van der Waals surface area (Å²) in [5.74, 6) is 0. The number of rotatable bonds is 8. The Hall–Kier alpha value is -0.0800. The minimum atomic E-state index is -0.439. The summed E-state index contributed by atoms with van der Waals surface area (Å²) in [6.07, 6.45) is 5.23. The quantitative estimate of drug-likeness (QED) is 0.611. The van der Waals surface area contributed by atoms with E-state index in [2.05, 4.69) is 19.2 Å². The lowest BCUT2D eigenvalue weighted by Gasteiger charge is -2.22. The predicted molar refractivity (Wildman–Crippen MR) is 69.3 cm³/mol. The zero-order valence-electron chi connectivity index (χ0n) is 11.4. The van der Waals surface area contributed by atoms with E-state index in [1.54, 1.807) is 0 Å². The Bertz CT molecular complexity index is 113. The molecule has 0 heterocycles. The Balaban J connectivity index is 0. The van der Waals surface area contributed by atoms with Crippen molar-refractivity contribution in [2.24, 2.45) is 0 Å². The molecule has 0 rings (SSSR count). The molecule has 0 aliphatic heterocycles. The molecule has 2 nitrogen and oxygen atoms in total. The minimum Gasteiger partial charge on any atom is -0.390 e. The Morgan fingerprint density at radius 2 is 1.60 bits per heavy atom. The van der Waals surface area contributed by atoms with Gasteiger partial charge in [-0.2, -0.15) is 0 Å². The summed E-state index contributed by atoms with van der Waals surface area (Å²) >= 11 is 0. The topological polar surface area (TPSA) is 32.3 Å². The highest BCUT2D eigenvalue weighted by Crippen LogP contribution is 2.18. The van der Waals surface area contributed by atoms with Gasteiger partial charge >= 0.3 is 0 Å². The molecule has 15 heavy (non-hydrogen) atoms. The van der Waals surface area contributed by atoms with Crippen LogP contribution in [0.5, 0.6) is 0 Å². The highest BCUT2D eigenvalue weighted by atomic mass is 16.3. The van der Waals surface area contributed by atoms with Gasteiger partial charge in [0.25, 0.3) is 0 Å². The zero-order valence-corrected chi connectivity index (χ0v) is 11.4. The van der Waals surface area contributed by atoms with Crippen LogP contribution in [0.25, 0.3) is 0 Å². The van der Waals surface area contributed by atoms with Crippen molar-refractivity contribution in [3.63, 3.8) is 0 Å². The third kappa shape index (κ3) is 13.9. The fraction of sp³-hybridized carbons (Fsp3) is 1.00. The number of hydrogen-bond acceptors (Lipinski definition) is 2. The van der Waals surface area contributed by atoms with E-state index in [4.69, 9.17) is 0 Å². The summed E-state index contributed by atoms with van der Waals surface area (Å²) < 4.78 is 0. The van der Waals surface area contributed by atoms with Crippen LogP contribution in [0.4, 0.5) is 0 Å². The zero-order chi connectivity index (χ0) is 12.2. The summed E-state index contributed by atoms with van der Waals surface area (Å²) in [6.45, 7) is 12.3. The van der Waals surface area contributed by atoms with Gasteiger partial charge in [0, 0.05) is 0 Å². The normalized spacial score (nSPS) is 14.0. The molecule has 0 aromatic heterocycles. The summed E-state index contributed by atoms with van der Waals surface area (Å²) in [5, 5.41) is 13.2. The molecule has 0 spiro atoms. The number of unbranched alkanes of at least 4 members (excludes halogenated alkanes) is 1. The summed E-state index contributed by atoms with van der Waals surface area (Å²) in [5.41, 5.74) is -0.439. The largest absolute Gasteiger partial charge is 0.390 e. The van der Waals surface area contributed by atoms with E-state index in [1.165, 1.54) is 6.42 Å². The SMILES string of the molecule is CC.CCCCC(C)(O)CCCNCC. The molecular weight excluding hydrogens is 186 g/mol. The van der Waals surface area contributed by atoms with E-state index in [1.807, 2.05) is 20.8 Å². The van der Waals surface area contributed by atoms with E-state index in [9.17, 15) is 5.11 Å². The van der Waals surface area contributed by atoms with E-state index in [0.29, 0.717) is 0 Å². The fourth-order valence-electron chi connectivity index (χ4n) is 1.45. The first-order chi connectivity index (χ1) is 7.12. The smallest absolute Gasteiger partial charge is 0.0620 e. The molecule has 94 valence electrons. The van der Waals surface area contributed by atoms with Gasteiger partial charge in [-0.05, 0) is 39.3 Å². The number of hydrogen-bond donors (Lipinski definition) is 2. The van der Waals surface area contributed by atoms with Crippen LogP contribution < -0.4 is 5.32 Å². The molecule has 0 bridgehead atoms. The lowest BCUT2D eigenvalue weighted by atomic mass is 9.94. The maximum atomic E-state index is 9.92. The van der Waals surface area contributed by atoms with Gasteiger partial charge in [0.2, 0.25) is 0 Å². The Kier molecular flexibility index (Phi) is 13.8. The third-order valence-corrected chi connectivity index (χ3v) is 2.39. The van der Waals surface area contributed by atoms with E-state index in [0.717, 1.165) is 38.8 Å². The van der Waals surface area contributed by atoms with Crippen LogP contribution in [0.1, 0.15) is 66.7 Å². The average Bonchev–Trinajstić information content (AvgIpc) is 2.25. The molecule has 0 aromatic rings. The van der Waals surface area contributed by atoms with Crippen molar-refractivity contribution in [1.29, 1.82) is 0 Å². The number of nitrogens with one attached hydrogen (secondary N) is 1. The molecule has 1 atom stereocenters. The van der Waals surface area contributed by atoms with Gasteiger partial charge in [0.15, 0.2) is 0 Å². The molecule has 0 aliphatic carbocycles. The molecular formula is C13H31NO. The maximum absolute atomic E-state index is 9.92. The second-order valence-electron chi connectivity index (χ2n) is 4.06. The lowest BCUT2D eigenvalue weighted by Crippen LogP contribution is -2.26. The molecule has 0 fully saturated rings. The van der Waals surface area contributed by atoms with Crippen LogP contribution in [-0.2, 0) is 0 Å². The van der Waals surface area contributed by atoms with Crippen molar-refractivity contribution in [3.05, 3.63) is 0 Å². The van der Waals surface area contributed by atoms with Crippen molar-refractivity contribution < 1.29 is 5.11 Å². The Labute approximate surface area is 96.5 Å². The van der Waals surface area contributed by atoms with Crippen LogP contribution in [-0.4, -0.2) is 23.8 Å². The van der Waals surface area contributed by atoms with Crippen molar-refractivity contribution >= 4 is 0 Å². The maximum Gasteiger partial charge on any atom is 0.0620 e. The van der Waals surface area contributed by atoms with Gasteiger partial charge in [-0.1, -0.05) is 40.5 Å². The van der Waals surface area contributed by atoms with Crippen LogP contribution in [0.2, 0.25) is 0 Å². The van der Waals surface area contributed by atoms with Gasteiger partial charge in [-0.3, -0.25) is 0 Å². The van der Waals surface area contributed by atoms with Gasteiger partial charge < -0.3 is 10.4 Å². The molecule has 2 N–H and O–H groups in total. The summed E-state index contributed by atoms with van der Waals surface area (Å²) in [4.78, 5) is 0. The summed E-state index contributed by atoms with van der Waals surface area (Å²) in [6, 6.07) is 0. The second kappa shape index (κ2) is 12.0. The van der Waals surface area contributed by atoms with Crippen LogP contribution in [0, 0.1) is 0 Å². The van der Waals surface area contributed by atoms with Crippen molar-refractivity contribution in [1.82, 2.24) is 5.32 Å². The number of aliphatic hydroxyl groups is 1. The van der Waals surface area contributed by atoms with Crippen molar-refractivity contribution in [3.8, 4) is 0 Å². The Morgan fingerprint density at radius 3 is 2.07 bits per heavy atom. The molecule has 2 heteroatoms. The van der Waals surface area contributed by atoms with Crippen LogP contribution in [0.15, 0.2) is 0 Å². The van der Waals surface area contributed by atoms with Crippen LogP contribution in [0.3, 0.4) is 0 Å². The molecule has 0 radical (unpaired) electrons. The van der Waals surface area contributed by atoms with Crippen molar-refractivity contribution in [2.45, 2.75) is 72.3 Å². The molecule has 0 saturated carbocycles. The predicted octanol–water partition coefficient (Wildman–Crippen LogP) is 3.34. The van der Waals surface area contributed by atoms with E-state index >= 15 is 0 Å².